The van der Waals surface area contributed by atoms with Crippen molar-refractivity contribution in [2.75, 3.05) is 0 Å². The minimum atomic E-state index is -1.41. The Kier molecular flexibility index (Phi) is 10.8. The highest BCUT2D eigenvalue weighted by atomic mass is 16.6. The van der Waals surface area contributed by atoms with E-state index in [1.807, 2.05) is 110 Å². The molecule has 1 unspecified atom stereocenters. The van der Waals surface area contributed by atoms with Crippen molar-refractivity contribution in [3.8, 4) is 11.5 Å². The summed E-state index contributed by atoms with van der Waals surface area (Å²) in [6.07, 6.45) is 1.00. The van der Waals surface area contributed by atoms with Crippen molar-refractivity contribution in [1.29, 1.82) is 0 Å². The van der Waals surface area contributed by atoms with Crippen molar-refractivity contribution in [3.63, 3.8) is 0 Å². The molecule has 0 aliphatic heterocycles. The lowest BCUT2D eigenvalue weighted by Crippen LogP contribution is -2.38. The first-order valence-electron chi connectivity index (χ1n) is 14.3. The topological polar surface area (TPSA) is 71.1 Å². The summed E-state index contributed by atoms with van der Waals surface area (Å²) in [6, 6.07) is 33.0. The second-order valence-corrected chi connectivity index (χ2v) is 10.3. The van der Waals surface area contributed by atoms with Crippen molar-refractivity contribution >= 4 is 11.9 Å². The molecule has 4 aromatic rings. The first kappa shape index (κ1) is 30.4. The van der Waals surface area contributed by atoms with Crippen LogP contribution in [-0.2, 0) is 51.9 Å². The first-order chi connectivity index (χ1) is 20.4. The summed E-state index contributed by atoms with van der Waals surface area (Å²) >= 11 is 0. The molecule has 0 heterocycles. The van der Waals surface area contributed by atoms with Gasteiger partial charge in [-0.25, -0.2) is 0 Å². The summed E-state index contributed by atoms with van der Waals surface area (Å²) in [5.41, 5.74) is 3.44. The molecule has 6 heteroatoms. The van der Waals surface area contributed by atoms with Crippen LogP contribution in [0, 0.1) is 5.41 Å². The van der Waals surface area contributed by atoms with Crippen LogP contribution in [0.4, 0.5) is 0 Å². The predicted molar refractivity (Wildman–Crippen MR) is 162 cm³/mol. The van der Waals surface area contributed by atoms with Gasteiger partial charge in [0.1, 0.15) is 37.9 Å². The highest BCUT2D eigenvalue weighted by molar-refractivity contribution is 5.99. The summed E-state index contributed by atoms with van der Waals surface area (Å²) in [7, 11) is 0. The fraction of sp³-hybridized carbons (Fsp3) is 0.278. The summed E-state index contributed by atoms with van der Waals surface area (Å²) in [5.74, 6) is 0.257. The maximum absolute atomic E-state index is 13.1. The molecule has 0 saturated heterocycles. The minimum absolute atomic E-state index is 0.0467. The molecular weight excluding hydrogens is 528 g/mol. The number of carbonyl (C=O) groups is 2. The van der Waals surface area contributed by atoms with E-state index in [-0.39, 0.29) is 19.6 Å². The largest absolute Gasteiger partial charge is 0.489 e. The maximum atomic E-state index is 13.1. The van der Waals surface area contributed by atoms with Gasteiger partial charge in [-0.05, 0) is 71.8 Å². The van der Waals surface area contributed by atoms with Crippen LogP contribution in [0.1, 0.15) is 55.0 Å². The van der Waals surface area contributed by atoms with E-state index < -0.39 is 17.4 Å². The summed E-state index contributed by atoms with van der Waals surface area (Å²) in [5, 5.41) is 0. The third-order valence-corrected chi connectivity index (χ3v) is 7.32. The van der Waals surface area contributed by atoms with E-state index in [2.05, 4.69) is 0 Å². The van der Waals surface area contributed by atoms with E-state index in [1.165, 1.54) is 0 Å². The second-order valence-electron chi connectivity index (χ2n) is 10.3. The predicted octanol–water partition coefficient (Wildman–Crippen LogP) is 7.61. The number of aryl methyl sites for hydroxylation is 1. The molecule has 6 nitrogen and oxygen atoms in total. The smallest absolute Gasteiger partial charge is 0.323 e. The zero-order chi connectivity index (χ0) is 29.8. The molecule has 0 aliphatic rings. The van der Waals surface area contributed by atoms with Gasteiger partial charge in [-0.1, -0.05) is 92.7 Å². The van der Waals surface area contributed by atoms with Crippen molar-refractivity contribution < 1.29 is 28.5 Å². The Labute approximate surface area is 248 Å². The van der Waals surface area contributed by atoms with Crippen LogP contribution in [0.3, 0.4) is 0 Å². The lowest BCUT2D eigenvalue weighted by Gasteiger charge is -2.24. The standard InChI is InChI=1S/C36H38O6/c1-4-30-22-33(40-24-28-14-10-7-11-15-28)21-18-31(30)26-42-35(38)36(3,5-2)34(37)41-25-29-16-19-32(20-17-29)39-23-27-12-8-6-9-13-27/h6-22H,4-5,23-26H2,1-3H3. The molecule has 0 spiro atoms. The van der Waals surface area contributed by atoms with Crippen LogP contribution in [0.5, 0.6) is 11.5 Å². The molecule has 0 aliphatic carbocycles. The monoisotopic (exact) mass is 566 g/mol. The zero-order valence-corrected chi connectivity index (χ0v) is 24.5. The van der Waals surface area contributed by atoms with Crippen molar-refractivity contribution in [2.24, 2.45) is 5.41 Å². The second kappa shape index (κ2) is 14.9. The molecule has 0 amide bonds. The van der Waals surface area contributed by atoms with E-state index >= 15 is 0 Å². The highest BCUT2D eigenvalue weighted by Crippen LogP contribution is 2.28. The fourth-order valence-corrected chi connectivity index (χ4v) is 4.31. The number of rotatable bonds is 14. The molecule has 1 atom stereocenters. The van der Waals surface area contributed by atoms with Gasteiger partial charge in [0.2, 0.25) is 0 Å². The Balaban J connectivity index is 1.28. The average Bonchev–Trinajstić information content (AvgIpc) is 3.05. The quantitative estimate of drug-likeness (QED) is 0.116. The summed E-state index contributed by atoms with van der Waals surface area (Å²) < 4.78 is 23.0. The van der Waals surface area contributed by atoms with E-state index in [9.17, 15) is 9.59 Å². The molecular formula is C36H38O6. The maximum Gasteiger partial charge on any atom is 0.323 e. The van der Waals surface area contributed by atoms with Crippen LogP contribution < -0.4 is 9.47 Å². The van der Waals surface area contributed by atoms with Crippen LogP contribution in [0.2, 0.25) is 0 Å². The van der Waals surface area contributed by atoms with Gasteiger partial charge in [-0.15, -0.1) is 0 Å². The third kappa shape index (κ3) is 8.23. The van der Waals surface area contributed by atoms with Crippen molar-refractivity contribution in [1.82, 2.24) is 0 Å². The minimum Gasteiger partial charge on any atom is -0.489 e. The average molecular weight is 567 g/mol. The lowest BCUT2D eigenvalue weighted by molar-refractivity contribution is -0.173. The SMILES string of the molecule is CCc1cc(OCc2ccccc2)ccc1COC(=O)C(C)(CC)C(=O)OCc1ccc(OCc2ccccc2)cc1. The van der Waals surface area contributed by atoms with E-state index in [4.69, 9.17) is 18.9 Å². The fourth-order valence-electron chi connectivity index (χ4n) is 4.31. The molecule has 218 valence electrons. The highest BCUT2D eigenvalue weighted by Gasteiger charge is 2.43. The zero-order valence-electron chi connectivity index (χ0n) is 24.5. The molecule has 4 aromatic carbocycles. The van der Waals surface area contributed by atoms with Gasteiger partial charge in [0.25, 0.3) is 0 Å². The molecule has 0 fully saturated rings. The van der Waals surface area contributed by atoms with Gasteiger partial charge in [-0.3, -0.25) is 9.59 Å². The Morgan fingerprint density at radius 3 is 1.62 bits per heavy atom. The molecule has 0 N–H and O–H groups in total. The van der Waals surface area contributed by atoms with Crippen LogP contribution in [-0.4, -0.2) is 11.9 Å². The number of benzene rings is 4. The van der Waals surface area contributed by atoms with Crippen molar-refractivity contribution in [3.05, 3.63) is 131 Å². The summed E-state index contributed by atoms with van der Waals surface area (Å²) in [6.45, 7) is 6.44. The Hall–Kier alpha value is -4.58. The van der Waals surface area contributed by atoms with Gasteiger partial charge >= 0.3 is 11.9 Å². The summed E-state index contributed by atoms with van der Waals surface area (Å²) in [4.78, 5) is 26.2. The normalized spacial score (nSPS) is 12.2. The van der Waals surface area contributed by atoms with Gasteiger partial charge in [-0.2, -0.15) is 0 Å². The Morgan fingerprint density at radius 2 is 1.07 bits per heavy atom. The van der Waals surface area contributed by atoms with Gasteiger partial charge < -0.3 is 18.9 Å². The van der Waals surface area contributed by atoms with Gasteiger partial charge in [0, 0.05) is 0 Å². The van der Waals surface area contributed by atoms with E-state index in [0.29, 0.717) is 13.2 Å². The Bertz CT molecular complexity index is 1430. The van der Waals surface area contributed by atoms with Gasteiger partial charge in [0.05, 0.1) is 0 Å². The number of carbonyl (C=O) groups excluding carboxylic acids is 2. The Morgan fingerprint density at radius 1 is 0.571 bits per heavy atom. The van der Waals surface area contributed by atoms with Gasteiger partial charge in [0.15, 0.2) is 5.41 Å². The number of hydrogen-bond acceptors (Lipinski definition) is 6. The van der Waals surface area contributed by atoms with Crippen LogP contribution in [0.25, 0.3) is 0 Å². The van der Waals surface area contributed by atoms with Crippen LogP contribution >= 0.6 is 0 Å². The third-order valence-electron chi connectivity index (χ3n) is 7.32. The number of esters is 2. The molecule has 0 bridgehead atoms. The molecule has 0 aromatic heterocycles. The van der Waals surface area contributed by atoms with E-state index in [0.717, 1.165) is 45.7 Å². The van der Waals surface area contributed by atoms with Crippen LogP contribution in [0.15, 0.2) is 103 Å². The lowest BCUT2D eigenvalue weighted by atomic mass is 9.88. The van der Waals surface area contributed by atoms with E-state index in [1.54, 1.807) is 13.8 Å². The molecule has 42 heavy (non-hydrogen) atoms. The number of hydrogen-bond donors (Lipinski definition) is 0. The molecule has 4 rings (SSSR count). The molecule has 0 saturated carbocycles. The molecule has 0 radical (unpaired) electrons. The first-order valence-corrected chi connectivity index (χ1v) is 14.3. The van der Waals surface area contributed by atoms with Crippen molar-refractivity contribution in [2.45, 2.75) is 60.0 Å². The number of ether oxygens (including phenoxy) is 4.